The van der Waals surface area contributed by atoms with E-state index in [2.05, 4.69) is 0 Å². The SMILES string of the molecule is O=C(c1c(O)c(O)c(O)c(O)c1O)N1CCCC1. The number of hydrogen-bond acceptors (Lipinski definition) is 6. The van der Waals surface area contributed by atoms with Gasteiger partial charge in [-0.2, -0.15) is 0 Å². The summed E-state index contributed by atoms with van der Waals surface area (Å²) in [6, 6.07) is 0. The van der Waals surface area contributed by atoms with E-state index >= 15 is 0 Å². The molecule has 0 aromatic heterocycles. The van der Waals surface area contributed by atoms with Crippen LogP contribution in [0.25, 0.3) is 0 Å². The summed E-state index contributed by atoms with van der Waals surface area (Å²) in [6.07, 6.45) is 1.62. The molecule has 1 aromatic rings. The molecule has 7 heteroatoms. The maximum atomic E-state index is 12.0. The molecule has 0 saturated carbocycles. The number of nitrogens with zero attached hydrogens (tertiary/aromatic N) is 1. The topological polar surface area (TPSA) is 121 Å². The van der Waals surface area contributed by atoms with Crippen LogP contribution in [0, 0.1) is 0 Å². The van der Waals surface area contributed by atoms with E-state index in [1.54, 1.807) is 0 Å². The van der Waals surface area contributed by atoms with Gasteiger partial charge in [0, 0.05) is 13.1 Å². The van der Waals surface area contributed by atoms with Gasteiger partial charge in [0.1, 0.15) is 5.56 Å². The van der Waals surface area contributed by atoms with Crippen LogP contribution in [-0.2, 0) is 0 Å². The first-order valence-electron chi connectivity index (χ1n) is 5.43. The molecule has 98 valence electrons. The fourth-order valence-corrected chi connectivity index (χ4v) is 1.97. The lowest BCUT2D eigenvalue weighted by atomic mass is 10.1. The Morgan fingerprint density at radius 2 is 1.17 bits per heavy atom. The van der Waals surface area contributed by atoms with Crippen LogP contribution < -0.4 is 0 Å². The van der Waals surface area contributed by atoms with Crippen molar-refractivity contribution in [3.63, 3.8) is 0 Å². The zero-order valence-electron chi connectivity index (χ0n) is 9.42. The van der Waals surface area contributed by atoms with Crippen molar-refractivity contribution in [2.24, 2.45) is 0 Å². The van der Waals surface area contributed by atoms with Crippen molar-refractivity contribution in [3.05, 3.63) is 5.56 Å². The summed E-state index contributed by atoms with van der Waals surface area (Å²) in [5.41, 5.74) is -0.607. The summed E-state index contributed by atoms with van der Waals surface area (Å²) in [4.78, 5) is 13.4. The molecule has 7 nitrogen and oxygen atoms in total. The lowest BCUT2D eigenvalue weighted by Crippen LogP contribution is -2.27. The largest absolute Gasteiger partial charge is 0.504 e. The van der Waals surface area contributed by atoms with Gasteiger partial charge in [-0.05, 0) is 12.8 Å². The molecule has 0 atom stereocenters. The zero-order chi connectivity index (χ0) is 13.4. The minimum Gasteiger partial charge on any atom is -0.504 e. The van der Waals surface area contributed by atoms with Crippen LogP contribution in [-0.4, -0.2) is 49.4 Å². The first-order chi connectivity index (χ1) is 8.45. The molecule has 0 radical (unpaired) electrons. The number of aromatic hydroxyl groups is 5. The second-order valence-electron chi connectivity index (χ2n) is 4.12. The Morgan fingerprint density at radius 1 is 0.778 bits per heavy atom. The number of hydrogen-bond donors (Lipinski definition) is 5. The van der Waals surface area contributed by atoms with Crippen molar-refractivity contribution in [1.29, 1.82) is 0 Å². The maximum Gasteiger partial charge on any atom is 0.261 e. The predicted molar refractivity (Wildman–Crippen MR) is 59.9 cm³/mol. The molecule has 1 saturated heterocycles. The number of phenols is 5. The van der Waals surface area contributed by atoms with E-state index in [9.17, 15) is 30.3 Å². The highest BCUT2D eigenvalue weighted by Crippen LogP contribution is 2.51. The quantitative estimate of drug-likeness (QED) is 0.367. The predicted octanol–water partition coefficient (Wildman–Crippen LogP) is 0.451. The molecule has 0 bridgehead atoms. The second kappa shape index (κ2) is 4.17. The van der Waals surface area contributed by atoms with Crippen molar-refractivity contribution in [2.45, 2.75) is 12.8 Å². The normalized spacial score (nSPS) is 15.0. The number of amides is 1. The molecule has 18 heavy (non-hydrogen) atoms. The summed E-state index contributed by atoms with van der Waals surface area (Å²) in [5.74, 6) is -5.73. The Hall–Kier alpha value is -2.31. The van der Waals surface area contributed by atoms with Crippen LogP contribution in [0.5, 0.6) is 28.7 Å². The Labute approximate surface area is 102 Å². The van der Waals surface area contributed by atoms with Gasteiger partial charge in [0.15, 0.2) is 11.5 Å². The van der Waals surface area contributed by atoms with Crippen molar-refractivity contribution < 1.29 is 30.3 Å². The molecule has 1 amide bonds. The molecule has 0 aliphatic carbocycles. The van der Waals surface area contributed by atoms with E-state index in [0.29, 0.717) is 13.1 Å². The molecule has 0 unspecified atom stereocenters. The smallest absolute Gasteiger partial charge is 0.261 e. The highest BCUT2D eigenvalue weighted by atomic mass is 16.4. The molecule has 2 rings (SSSR count). The van der Waals surface area contributed by atoms with Gasteiger partial charge in [-0.15, -0.1) is 0 Å². The first-order valence-corrected chi connectivity index (χ1v) is 5.43. The number of likely N-dealkylation sites (tertiary alicyclic amines) is 1. The fourth-order valence-electron chi connectivity index (χ4n) is 1.97. The minimum atomic E-state index is -1.07. The van der Waals surface area contributed by atoms with Gasteiger partial charge in [-0.25, -0.2) is 0 Å². The van der Waals surface area contributed by atoms with Crippen LogP contribution in [0.4, 0.5) is 0 Å². The third kappa shape index (κ3) is 1.64. The van der Waals surface area contributed by atoms with Crippen LogP contribution in [0.15, 0.2) is 0 Å². The van der Waals surface area contributed by atoms with Crippen LogP contribution in [0.3, 0.4) is 0 Å². The van der Waals surface area contributed by atoms with E-state index in [1.165, 1.54) is 4.90 Å². The maximum absolute atomic E-state index is 12.0. The van der Waals surface area contributed by atoms with Crippen molar-refractivity contribution in [2.75, 3.05) is 13.1 Å². The Kier molecular flexibility index (Phi) is 2.82. The van der Waals surface area contributed by atoms with E-state index in [1.807, 2.05) is 0 Å². The van der Waals surface area contributed by atoms with Gasteiger partial charge in [-0.1, -0.05) is 0 Å². The number of rotatable bonds is 1. The third-order valence-electron chi connectivity index (χ3n) is 2.98. The Morgan fingerprint density at radius 3 is 1.61 bits per heavy atom. The van der Waals surface area contributed by atoms with Crippen LogP contribution in [0.1, 0.15) is 23.2 Å². The minimum absolute atomic E-state index is 0.472. The highest BCUT2D eigenvalue weighted by Gasteiger charge is 2.31. The Balaban J connectivity index is 2.53. The standard InChI is InChI=1S/C11H13NO6/c13-6-5(11(18)12-3-1-2-4-12)7(14)9(16)10(17)8(6)15/h13-17H,1-4H2. The monoisotopic (exact) mass is 255 g/mol. The average molecular weight is 255 g/mol. The van der Waals surface area contributed by atoms with E-state index in [4.69, 9.17) is 0 Å². The molecular weight excluding hydrogens is 242 g/mol. The van der Waals surface area contributed by atoms with Crippen molar-refractivity contribution in [1.82, 2.24) is 4.90 Å². The molecule has 1 aliphatic heterocycles. The Bertz CT molecular complexity index is 478. The molecule has 1 aromatic carbocycles. The van der Waals surface area contributed by atoms with Crippen molar-refractivity contribution >= 4 is 5.91 Å². The fraction of sp³-hybridized carbons (Fsp3) is 0.364. The average Bonchev–Trinajstić information content (AvgIpc) is 2.88. The summed E-state index contributed by atoms with van der Waals surface area (Å²) >= 11 is 0. The number of carbonyl (C=O) groups excluding carboxylic acids is 1. The number of phenolic OH excluding ortho intramolecular Hbond substituents is 5. The van der Waals surface area contributed by atoms with E-state index in [0.717, 1.165) is 12.8 Å². The molecule has 1 aliphatic rings. The van der Waals surface area contributed by atoms with Gasteiger partial charge in [-0.3, -0.25) is 4.79 Å². The molecule has 0 spiro atoms. The summed E-state index contributed by atoms with van der Waals surface area (Å²) in [5, 5.41) is 47.1. The van der Waals surface area contributed by atoms with Crippen molar-refractivity contribution in [3.8, 4) is 28.7 Å². The van der Waals surface area contributed by atoms with E-state index < -0.39 is 40.2 Å². The molecule has 1 heterocycles. The molecule has 1 fully saturated rings. The van der Waals surface area contributed by atoms with Crippen LogP contribution >= 0.6 is 0 Å². The number of benzene rings is 1. The second-order valence-corrected chi connectivity index (χ2v) is 4.12. The highest BCUT2D eigenvalue weighted by molar-refractivity contribution is 6.02. The summed E-state index contributed by atoms with van der Waals surface area (Å²) < 4.78 is 0. The first kappa shape index (κ1) is 12.2. The molecule has 5 N–H and O–H groups in total. The van der Waals surface area contributed by atoms with Gasteiger partial charge < -0.3 is 30.4 Å². The summed E-state index contributed by atoms with van der Waals surface area (Å²) in [6.45, 7) is 0.945. The lowest BCUT2D eigenvalue weighted by Gasteiger charge is -2.18. The number of carbonyl (C=O) groups is 1. The van der Waals surface area contributed by atoms with Crippen LogP contribution in [0.2, 0.25) is 0 Å². The van der Waals surface area contributed by atoms with Gasteiger partial charge in [0.25, 0.3) is 5.91 Å². The zero-order valence-corrected chi connectivity index (χ0v) is 9.42. The summed E-state index contributed by atoms with van der Waals surface area (Å²) in [7, 11) is 0. The van der Waals surface area contributed by atoms with Gasteiger partial charge in [0.2, 0.25) is 17.2 Å². The van der Waals surface area contributed by atoms with Gasteiger partial charge >= 0.3 is 0 Å². The lowest BCUT2D eigenvalue weighted by molar-refractivity contribution is 0.0785. The third-order valence-corrected chi connectivity index (χ3v) is 2.98. The van der Waals surface area contributed by atoms with E-state index in [-0.39, 0.29) is 0 Å². The molecular formula is C11H13NO6. The van der Waals surface area contributed by atoms with Gasteiger partial charge in [0.05, 0.1) is 0 Å².